The van der Waals surface area contributed by atoms with Crippen LogP contribution in [-0.4, -0.2) is 45.1 Å². The molecule has 0 radical (unpaired) electrons. The van der Waals surface area contributed by atoms with E-state index in [1.54, 1.807) is 18.2 Å². The molecule has 7 nitrogen and oxygen atoms in total. The molecule has 0 bridgehead atoms. The number of carbonyl (C=O) groups excluding carboxylic acids is 1. The number of nitrogens with zero attached hydrogens (tertiary/aromatic N) is 2. The average Bonchev–Trinajstić information content (AvgIpc) is 2.96. The van der Waals surface area contributed by atoms with E-state index < -0.39 is 6.10 Å². The molecule has 94 valence electrons. The van der Waals surface area contributed by atoms with Crippen LogP contribution in [0.4, 0.5) is 5.69 Å². The number of benzene rings is 1. The third kappa shape index (κ3) is 2.05. The van der Waals surface area contributed by atoms with E-state index in [9.17, 15) is 9.90 Å². The molecule has 2 atom stereocenters. The Morgan fingerprint density at radius 1 is 1.39 bits per heavy atom. The van der Waals surface area contributed by atoms with Crippen LogP contribution in [0.1, 0.15) is 6.42 Å². The molecule has 1 aliphatic heterocycles. The summed E-state index contributed by atoms with van der Waals surface area (Å²) in [6.07, 6.45) is -0.00308. The average molecular weight is 247 g/mol. The summed E-state index contributed by atoms with van der Waals surface area (Å²) in [5, 5.41) is 25.5. The van der Waals surface area contributed by atoms with Crippen molar-refractivity contribution < 1.29 is 9.90 Å². The van der Waals surface area contributed by atoms with E-state index in [0.29, 0.717) is 24.2 Å². The van der Waals surface area contributed by atoms with Gasteiger partial charge in [-0.15, -0.1) is 0 Å². The number of amides is 1. The molecule has 4 N–H and O–H groups in total. The van der Waals surface area contributed by atoms with Crippen molar-refractivity contribution in [3.05, 3.63) is 18.2 Å². The maximum atomic E-state index is 11.9. The number of H-pyrrole nitrogens is 1. The Bertz CT molecular complexity index is 582. The number of aliphatic hydroxyl groups excluding tert-OH is 1. The first-order chi connectivity index (χ1) is 8.72. The fraction of sp³-hybridized carbons (Fsp3) is 0.364. The predicted molar refractivity (Wildman–Crippen MR) is 64.9 cm³/mol. The second-order valence-electron chi connectivity index (χ2n) is 4.37. The standard InChI is InChI=1S/C11H13N5O2/c17-7-4-10(12-5-7)11(18)13-6-1-2-8-9(3-6)15-16-14-8/h1-3,7,10,12,17H,4-5H2,(H,13,18)(H,14,15,16)/t7-,10-/m0/s1. The van der Waals surface area contributed by atoms with Crippen LogP contribution in [-0.2, 0) is 4.79 Å². The largest absolute Gasteiger partial charge is 0.392 e. The van der Waals surface area contributed by atoms with E-state index in [2.05, 4.69) is 26.0 Å². The Morgan fingerprint density at radius 2 is 2.22 bits per heavy atom. The molecule has 2 heterocycles. The SMILES string of the molecule is O=C(Nc1ccc2n[nH]nc2c1)[C@@H]1C[C@H](O)CN1. The van der Waals surface area contributed by atoms with Gasteiger partial charge in [0, 0.05) is 12.2 Å². The van der Waals surface area contributed by atoms with Crippen molar-refractivity contribution in [2.75, 3.05) is 11.9 Å². The normalized spacial score (nSPS) is 23.4. The van der Waals surface area contributed by atoms with E-state index in [0.717, 1.165) is 5.52 Å². The van der Waals surface area contributed by atoms with Gasteiger partial charge < -0.3 is 15.7 Å². The number of hydrogen-bond donors (Lipinski definition) is 4. The predicted octanol–water partition coefficient (Wildman–Crippen LogP) is -0.381. The highest BCUT2D eigenvalue weighted by atomic mass is 16.3. The van der Waals surface area contributed by atoms with Crippen LogP contribution in [0.2, 0.25) is 0 Å². The Kier molecular flexibility index (Phi) is 2.69. The minimum absolute atomic E-state index is 0.144. The van der Waals surface area contributed by atoms with Crippen LogP contribution < -0.4 is 10.6 Å². The fourth-order valence-corrected chi connectivity index (χ4v) is 2.06. The Labute approximate surface area is 103 Å². The Morgan fingerprint density at radius 3 is 3.00 bits per heavy atom. The number of β-amino-alcohol motifs (C(OH)–C–C–N with tert-alkyl or cyclic N) is 1. The summed E-state index contributed by atoms with van der Waals surface area (Å²) in [6, 6.07) is 4.97. The molecular weight excluding hydrogens is 234 g/mol. The smallest absolute Gasteiger partial charge is 0.241 e. The molecule has 18 heavy (non-hydrogen) atoms. The van der Waals surface area contributed by atoms with Crippen molar-refractivity contribution in [1.82, 2.24) is 20.7 Å². The zero-order valence-electron chi connectivity index (χ0n) is 9.55. The molecule has 1 aliphatic rings. The van der Waals surface area contributed by atoms with Crippen molar-refractivity contribution in [2.24, 2.45) is 0 Å². The van der Waals surface area contributed by atoms with Crippen molar-refractivity contribution >= 4 is 22.6 Å². The second kappa shape index (κ2) is 4.35. The van der Waals surface area contributed by atoms with Gasteiger partial charge in [-0.05, 0) is 24.6 Å². The van der Waals surface area contributed by atoms with Crippen LogP contribution in [0.3, 0.4) is 0 Å². The summed E-state index contributed by atoms with van der Waals surface area (Å²) in [7, 11) is 0. The first-order valence-corrected chi connectivity index (χ1v) is 5.75. The number of carbonyl (C=O) groups is 1. The van der Waals surface area contributed by atoms with Crippen molar-refractivity contribution in [3.63, 3.8) is 0 Å². The molecule has 1 fully saturated rings. The molecule has 2 aromatic rings. The second-order valence-corrected chi connectivity index (χ2v) is 4.37. The number of fused-ring (bicyclic) bond motifs is 1. The quantitative estimate of drug-likeness (QED) is 0.579. The van der Waals surface area contributed by atoms with E-state index in [4.69, 9.17) is 0 Å². The number of aliphatic hydroxyl groups is 1. The zero-order chi connectivity index (χ0) is 12.5. The van der Waals surface area contributed by atoms with E-state index in [-0.39, 0.29) is 11.9 Å². The molecule has 0 aliphatic carbocycles. The molecule has 1 amide bonds. The van der Waals surface area contributed by atoms with Crippen LogP contribution in [0.25, 0.3) is 11.0 Å². The number of anilines is 1. The number of rotatable bonds is 2. The van der Waals surface area contributed by atoms with Crippen molar-refractivity contribution in [2.45, 2.75) is 18.6 Å². The van der Waals surface area contributed by atoms with Gasteiger partial charge >= 0.3 is 0 Å². The van der Waals surface area contributed by atoms with Gasteiger partial charge in [-0.25, -0.2) is 0 Å². The minimum Gasteiger partial charge on any atom is -0.392 e. The molecule has 0 spiro atoms. The Balaban J connectivity index is 1.73. The van der Waals surface area contributed by atoms with Crippen LogP contribution >= 0.6 is 0 Å². The van der Waals surface area contributed by atoms with Gasteiger partial charge in [0.1, 0.15) is 11.0 Å². The molecule has 7 heteroatoms. The van der Waals surface area contributed by atoms with Gasteiger partial charge in [-0.3, -0.25) is 4.79 Å². The molecule has 1 aromatic carbocycles. The number of aromatic nitrogens is 3. The summed E-state index contributed by atoms with van der Waals surface area (Å²) >= 11 is 0. The van der Waals surface area contributed by atoms with Crippen LogP contribution in [0.5, 0.6) is 0 Å². The lowest BCUT2D eigenvalue weighted by Gasteiger charge is -2.10. The minimum atomic E-state index is -0.446. The van der Waals surface area contributed by atoms with E-state index >= 15 is 0 Å². The third-order valence-electron chi connectivity index (χ3n) is 3.01. The lowest BCUT2D eigenvalue weighted by atomic mass is 10.2. The van der Waals surface area contributed by atoms with Crippen LogP contribution in [0.15, 0.2) is 18.2 Å². The molecule has 1 aromatic heterocycles. The highest BCUT2D eigenvalue weighted by molar-refractivity contribution is 5.96. The lowest BCUT2D eigenvalue weighted by Crippen LogP contribution is -2.35. The maximum absolute atomic E-state index is 11.9. The van der Waals surface area contributed by atoms with Gasteiger partial charge in [-0.1, -0.05) is 0 Å². The van der Waals surface area contributed by atoms with Gasteiger partial charge in [0.15, 0.2) is 0 Å². The van der Waals surface area contributed by atoms with E-state index in [1.807, 2.05) is 0 Å². The van der Waals surface area contributed by atoms with Gasteiger partial charge in [0.2, 0.25) is 5.91 Å². The number of hydrogen-bond acceptors (Lipinski definition) is 5. The Hall–Kier alpha value is -1.99. The zero-order valence-corrected chi connectivity index (χ0v) is 9.55. The number of nitrogens with one attached hydrogen (secondary N) is 3. The van der Waals surface area contributed by atoms with Crippen LogP contribution in [0, 0.1) is 0 Å². The monoisotopic (exact) mass is 247 g/mol. The maximum Gasteiger partial charge on any atom is 0.241 e. The lowest BCUT2D eigenvalue weighted by molar-refractivity contribution is -0.117. The number of aromatic amines is 1. The summed E-state index contributed by atoms with van der Waals surface area (Å²) in [5.41, 5.74) is 2.12. The topological polar surface area (TPSA) is 103 Å². The highest BCUT2D eigenvalue weighted by Gasteiger charge is 2.27. The third-order valence-corrected chi connectivity index (χ3v) is 3.01. The summed E-state index contributed by atoms with van der Waals surface area (Å²) in [6.45, 7) is 0.459. The fourth-order valence-electron chi connectivity index (χ4n) is 2.06. The van der Waals surface area contributed by atoms with Gasteiger partial charge in [0.25, 0.3) is 0 Å². The van der Waals surface area contributed by atoms with Gasteiger partial charge in [0.05, 0.1) is 12.1 Å². The first-order valence-electron chi connectivity index (χ1n) is 5.75. The summed E-state index contributed by atoms with van der Waals surface area (Å²) < 4.78 is 0. The molecule has 1 saturated heterocycles. The summed E-state index contributed by atoms with van der Waals surface area (Å²) in [5.74, 6) is -0.144. The van der Waals surface area contributed by atoms with Gasteiger partial charge in [-0.2, -0.15) is 15.4 Å². The highest BCUT2D eigenvalue weighted by Crippen LogP contribution is 2.16. The summed E-state index contributed by atoms with van der Waals surface area (Å²) in [4.78, 5) is 11.9. The molecule has 0 unspecified atom stereocenters. The molecular formula is C11H13N5O2. The molecule has 0 saturated carbocycles. The van der Waals surface area contributed by atoms with Crippen molar-refractivity contribution in [3.8, 4) is 0 Å². The first kappa shape index (κ1) is 11.1. The van der Waals surface area contributed by atoms with E-state index in [1.165, 1.54) is 0 Å². The van der Waals surface area contributed by atoms with Crippen molar-refractivity contribution in [1.29, 1.82) is 0 Å². The molecule has 3 rings (SSSR count).